The second-order valence-corrected chi connectivity index (χ2v) is 9.53. The Labute approximate surface area is 185 Å². The summed E-state index contributed by atoms with van der Waals surface area (Å²) < 4.78 is 32.8. The molecule has 0 aliphatic carbocycles. The summed E-state index contributed by atoms with van der Waals surface area (Å²) in [7, 11) is -3.64. The maximum absolute atomic E-state index is 12.9. The number of anilines is 1. The molecule has 31 heavy (non-hydrogen) atoms. The number of aromatic nitrogens is 2. The average Bonchev–Trinajstić information content (AvgIpc) is 2.79. The Balaban J connectivity index is 1.47. The van der Waals surface area contributed by atoms with Crippen LogP contribution in [-0.4, -0.2) is 48.5 Å². The van der Waals surface area contributed by atoms with E-state index in [-0.39, 0.29) is 28.1 Å². The van der Waals surface area contributed by atoms with Crippen molar-refractivity contribution in [3.05, 3.63) is 53.7 Å². The van der Waals surface area contributed by atoms with E-state index in [1.54, 1.807) is 6.20 Å². The molecule has 162 valence electrons. The van der Waals surface area contributed by atoms with Crippen LogP contribution in [0.1, 0.15) is 19.3 Å². The van der Waals surface area contributed by atoms with Gasteiger partial charge < -0.3 is 10.1 Å². The molecule has 0 unspecified atom stereocenters. The predicted octanol–water partition coefficient (Wildman–Crippen LogP) is 3.48. The zero-order valence-corrected chi connectivity index (χ0v) is 18.2. The van der Waals surface area contributed by atoms with Crippen LogP contribution in [-0.2, 0) is 14.8 Å². The Bertz CT molecular complexity index is 1210. The maximum atomic E-state index is 12.9. The lowest BCUT2D eigenvalue weighted by atomic mass is 10.2. The Hall–Kier alpha value is -2.75. The van der Waals surface area contributed by atoms with E-state index in [4.69, 9.17) is 16.3 Å². The monoisotopic (exact) mass is 460 g/mol. The zero-order valence-electron chi connectivity index (χ0n) is 16.6. The third kappa shape index (κ3) is 4.79. The predicted molar refractivity (Wildman–Crippen MR) is 118 cm³/mol. The van der Waals surface area contributed by atoms with Crippen molar-refractivity contribution < 1.29 is 17.9 Å². The van der Waals surface area contributed by atoms with Gasteiger partial charge in [-0.3, -0.25) is 4.79 Å². The lowest BCUT2D eigenvalue weighted by Gasteiger charge is -2.26. The molecule has 3 aromatic rings. The van der Waals surface area contributed by atoms with E-state index in [9.17, 15) is 13.2 Å². The van der Waals surface area contributed by atoms with Gasteiger partial charge in [-0.05, 0) is 37.1 Å². The number of hydrogen-bond donors (Lipinski definition) is 1. The molecule has 2 heterocycles. The highest BCUT2D eigenvalue weighted by Crippen LogP contribution is 2.28. The van der Waals surface area contributed by atoms with Gasteiger partial charge in [0.15, 0.2) is 6.61 Å². The van der Waals surface area contributed by atoms with Gasteiger partial charge in [0.25, 0.3) is 5.91 Å². The molecule has 1 aromatic heterocycles. The highest BCUT2D eigenvalue weighted by Gasteiger charge is 2.26. The molecule has 8 nitrogen and oxygen atoms in total. The van der Waals surface area contributed by atoms with Gasteiger partial charge in [0.2, 0.25) is 15.9 Å². The van der Waals surface area contributed by atoms with Crippen molar-refractivity contribution >= 4 is 44.0 Å². The number of sulfonamides is 1. The first kappa shape index (κ1) is 21.5. The van der Waals surface area contributed by atoms with Crippen LogP contribution in [0, 0.1) is 0 Å². The third-order valence-corrected chi connectivity index (χ3v) is 7.27. The Kier molecular flexibility index (Phi) is 6.35. The maximum Gasteiger partial charge on any atom is 0.262 e. The van der Waals surface area contributed by atoms with Gasteiger partial charge in [-0.25, -0.2) is 8.42 Å². The van der Waals surface area contributed by atoms with Gasteiger partial charge in [0.1, 0.15) is 0 Å². The topological polar surface area (TPSA) is 101 Å². The molecular weight excluding hydrogens is 440 g/mol. The minimum Gasteiger partial charge on any atom is -0.466 e. The van der Waals surface area contributed by atoms with E-state index in [0.717, 1.165) is 30.0 Å². The molecule has 1 fully saturated rings. The molecule has 10 heteroatoms. The van der Waals surface area contributed by atoms with Gasteiger partial charge >= 0.3 is 0 Å². The van der Waals surface area contributed by atoms with E-state index in [1.165, 1.54) is 22.5 Å². The molecule has 1 N–H and O–H groups in total. The van der Waals surface area contributed by atoms with E-state index in [2.05, 4.69) is 15.5 Å². The minimum atomic E-state index is -3.64. The number of amides is 1. The van der Waals surface area contributed by atoms with Crippen LogP contribution >= 0.6 is 11.6 Å². The lowest BCUT2D eigenvalue weighted by Crippen LogP contribution is -2.35. The number of piperidine rings is 1. The molecule has 0 atom stereocenters. The van der Waals surface area contributed by atoms with Crippen LogP contribution in [0.5, 0.6) is 5.88 Å². The Morgan fingerprint density at radius 3 is 2.71 bits per heavy atom. The van der Waals surface area contributed by atoms with Crippen molar-refractivity contribution in [1.29, 1.82) is 0 Å². The van der Waals surface area contributed by atoms with E-state index >= 15 is 0 Å². The number of nitrogens with one attached hydrogen (secondary N) is 1. The molecule has 2 aromatic carbocycles. The van der Waals surface area contributed by atoms with Crippen LogP contribution in [0.3, 0.4) is 0 Å². The van der Waals surface area contributed by atoms with Crippen molar-refractivity contribution in [2.24, 2.45) is 0 Å². The fraction of sp³-hybridized carbons (Fsp3) is 0.286. The second kappa shape index (κ2) is 9.17. The van der Waals surface area contributed by atoms with Crippen molar-refractivity contribution in [2.75, 3.05) is 25.0 Å². The molecule has 4 rings (SSSR count). The average molecular weight is 461 g/mol. The number of carbonyl (C=O) groups is 1. The first-order chi connectivity index (χ1) is 14.9. The normalized spacial score (nSPS) is 15.0. The van der Waals surface area contributed by atoms with E-state index in [1.807, 2.05) is 24.3 Å². The van der Waals surface area contributed by atoms with Crippen molar-refractivity contribution in [3.8, 4) is 5.88 Å². The van der Waals surface area contributed by atoms with Gasteiger partial charge in [-0.2, -0.15) is 9.40 Å². The summed E-state index contributed by atoms with van der Waals surface area (Å²) in [6.07, 6.45) is 4.31. The molecule has 1 amide bonds. The molecule has 1 saturated heterocycles. The number of carbonyl (C=O) groups excluding carboxylic acids is 1. The summed E-state index contributed by atoms with van der Waals surface area (Å²) in [5, 5.41) is 12.2. The van der Waals surface area contributed by atoms with E-state index < -0.39 is 15.9 Å². The molecule has 0 saturated carbocycles. The quantitative estimate of drug-likeness (QED) is 0.604. The van der Waals surface area contributed by atoms with Gasteiger partial charge in [0.05, 0.1) is 21.8 Å². The van der Waals surface area contributed by atoms with Crippen molar-refractivity contribution in [2.45, 2.75) is 24.2 Å². The molecule has 0 bridgehead atoms. The van der Waals surface area contributed by atoms with Crippen molar-refractivity contribution in [1.82, 2.24) is 14.5 Å². The summed E-state index contributed by atoms with van der Waals surface area (Å²) in [6.45, 7) is 0.654. The largest absolute Gasteiger partial charge is 0.466 e. The standard InChI is InChI=1S/C21H21ClN4O4S/c22-18-9-8-16(31(28,29)26-10-4-1-5-11-26)12-19(18)24-20(27)14-30-21-17-7-3-2-6-15(17)13-23-25-21/h2-3,6-9,12-13H,1,4-5,10-11,14H2,(H,24,27). The fourth-order valence-corrected chi connectivity index (χ4v) is 5.15. The van der Waals surface area contributed by atoms with Crippen LogP contribution in [0.15, 0.2) is 53.6 Å². The van der Waals surface area contributed by atoms with Crippen LogP contribution in [0.25, 0.3) is 10.8 Å². The SMILES string of the molecule is O=C(COc1nncc2ccccc12)Nc1cc(S(=O)(=O)N2CCCCC2)ccc1Cl. The van der Waals surface area contributed by atoms with Gasteiger partial charge in [-0.1, -0.05) is 36.2 Å². The first-order valence-corrected chi connectivity index (χ1v) is 11.7. The van der Waals surface area contributed by atoms with E-state index in [0.29, 0.717) is 13.1 Å². The van der Waals surface area contributed by atoms with Gasteiger partial charge in [-0.15, -0.1) is 5.10 Å². The Morgan fingerprint density at radius 1 is 1.13 bits per heavy atom. The number of hydrogen-bond acceptors (Lipinski definition) is 6. The molecule has 0 radical (unpaired) electrons. The first-order valence-electron chi connectivity index (χ1n) is 9.88. The number of nitrogens with zero attached hydrogens (tertiary/aromatic N) is 3. The number of fused-ring (bicyclic) bond motifs is 1. The van der Waals surface area contributed by atoms with Crippen molar-refractivity contribution in [3.63, 3.8) is 0 Å². The van der Waals surface area contributed by atoms with Crippen LogP contribution in [0.4, 0.5) is 5.69 Å². The highest BCUT2D eigenvalue weighted by atomic mass is 35.5. The third-order valence-electron chi connectivity index (χ3n) is 5.04. The second-order valence-electron chi connectivity index (χ2n) is 7.18. The Morgan fingerprint density at radius 2 is 1.90 bits per heavy atom. The highest BCUT2D eigenvalue weighted by molar-refractivity contribution is 7.89. The summed E-state index contributed by atoms with van der Waals surface area (Å²) in [5.74, 6) is -0.259. The summed E-state index contributed by atoms with van der Waals surface area (Å²) >= 11 is 6.19. The van der Waals surface area contributed by atoms with Gasteiger partial charge in [0, 0.05) is 23.9 Å². The molecule has 1 aliphatic rings. The summed E-state index contributed by atoms with van der Waals surface area (Å²) in [5.41, 5.74) is 0.206. The number of rotatable bonds is 6. The van der Waals surface area contributed by atoms with Crippen LogP contribution in [0.2, 0.25) is 5.02 Å². The molecule has 0 spiro atoms. The number of benzene rings is 2. The number of ether oxygens (including phenoxy) is 1. The smallest absolute Gasteiger partial charge is 0.262 e. The minimum absolute atomic E-state index is 0.0925. The molecular formula is C21H21ClN4O4S. The number of halogens is 1. The summed E-state index contributed by atoms with van der Waals surface area (Å²) in [4.78, 5) is 12.5. The zero-order chi connectivity index (χ0) is 21.8. The van der Waals surface area contributed by atoms with Crippen LogP contribution < -0.4 is 10.1 Å². The summed E-state index contributed by atoms with van der Waals surface area (Å²) in [6, 6.07) is 11.7. The fourth-order valence-electron chi connectivity index (χ4n) is 3.44. The lowest BCUT2D eigenvalue weighted by molar-refractivity contribution is -0.118. The molecule has 1 aliphatic heterocycles.